The first-order valence-electron chi connectivity index (χ1n) is 9.54. The minimum absolute atomic E-state index is 0.122. The van der Waals surface area contributed by atoms with E-state index in [0.717, 1.165) is 0 Å². The summed E-state index contributed by atoms with van der Waals surface area (Å²) >= 11 is 0. The number of ether oxygens (including phenoxy) is 1. The fourth-order valence-electron chi connectivity index (χ4n) is 3.36. The van der Waals surface area contributed by atoms with Gasteiger partial charge in [0, 0.05) is 31.0 Å². The number of para-hydroxylation sites is 1. The zero-order valence-electron chi connectivity index (χ0n) is 15.9. The Hall–Kier alpha value is -3.45. The first-order valence-corrected chi connectivity index (χ1v) is 9.54. The molecule has 0 bridgehead atoms. The summed E-state index contributed by atoms with van der Waals surface area (Å²) in [6, 6.07) is 17.9. The molecule has 29 heavy (non-hydrogen) atoms. The van der Waals surface area contributed by atoms with E-state index in [2.05, 4.69) is 10.4 Å². The van der Waals surface area contributed by atoms with Crippen molar-refractivity contribution in [1.29, 1.82) is 0 Å². The van der Waals surface area contributed by atoms with E-state index in [9.17, 15) is 9.59 Å². The van der Waals surface area contributed by atoms with Crippen molar-refractivity contribution in [1.82, 2.24) is 14.7 Å². The van der Waals surface area contributed by atoms with Crippen molar-refractivity contribution in [2.24, 2.45) is 0 Å². The summed E-state index contributed by atoms with van der Waals surface area (Å²) in [5.74, 6) is -0.368. The number of benzene rings is 2. The summed E-state index contributed by atoms with van der Waals surface area (Å²) in [6.07, 6.45) is 3.47. The van der Waals surface area contributed by atoms with E-state index >= 15 is 0 Å². The van der Waals surface area contributed by atoms with Gasteiger partial charge in [0.15, 0.2) is 0 Å². The van der Waals surface area contributed by atoms with Gasteiger partial charge in [-0.25, -0.2) is 0 Å². The van der Waals surface area contributed by atoms with Gasteiger partial charge in [0.05, 0.1) is 30.5 Å². The van der Waals surface area contributed by atoms with E-state index < -0.39 is 0 Å². The molecule has 1 aliphatic heterocycles. The molecule has 2 amide bonds. The van der Waals surface area contributed by atoms with Crippen LogP contribution in [0.25, 0.3) is 0 Å². The van der Waals surface area contributed by atoms with Crippen molar-refractivity contribution < 1.29 is 14.3 Å². The first kappa shape index (κ1) is 18.9. The third kappa shape index (κ3) is 4.52. The second-order valence-corrected chi connectivity index (χ2v) is 6.84. The molecule has 7 nitrogen and oxygen atoms in total. The molecule has 1 aromatic heterocycles. The van der Waals surface area contributed by atoms with Gasteiger partial charge in [-0.3, -0.25) is 14.3 Å². The number of anilines is 1. The van der Waals surface area contributed by atoms with Gasteiger partial charge in [-0.1, -0.05) is 30.3 Å². The minimum atomic E-state index is -0.246. The Morgan fingerprint density at radius 3 is 2.66 bits per heavy atom. The van der Waals surface area contributed by atoms with Gasteiger partial charge in [-0.2, -0.15) is 5.10 Å². The highest BCUT2D eigenvalue weighted by Gasteiger charge is 2.27. The topological polar surface area (TPSA) is 76.5 Å². The smallest absolute Gasteiger partial charge is 0.256 e. The van der Waals surface area contributed by atoms with Gasteiger partial charge < -0.3 is 15.0 Å². The van der Waals surface area contributed by atoms with E-state index in [4.69, 9.17) is 4.74 Å². The van der Waals surface area contributed by atoms with Gasteiger partial charge in [0.2, 0.25) is 0 Å². The van der Waals surface area contributed by atoms with Gasteiger partial charge >= 0.3 is 0 Å². The molecule has 148 valence electrons. The molecule has 2 heterocycles. The van der Waals surface area contributed by atoms with Crippen LogP contribution in [0.3, 0.4) is 0 Å². The number of rotatable bonds is 5. The summed E-state index contributed by atoms with van der Waals surface area (Å²) in [5, 5.41) is 7.06. The normalized spacial score (nSPS) is 16.4. The monoisotopic (exact) mass is 390 g/mol. The highest BCUT2D eigenvalue weighted by Crippen LogP contribution is 2.20. The van der Waals surface area contributed by atoms with Crippen molar-refractivity contribution >= 4 is 17.5 Å². The molecule has 0 spiro atoms. The molecule has 1 saturated heterocycles. The molecule has 0 aliphatic carbocycles. The zero-order chi connectivity index (χ0) is 20.1. The van der Waals surface area contributed by atoms with Crippen LogP contribution in [0.5, 0.6) is 0 Å². The van der Waals surface area contributed by atoms with Crippen LogP contribution < -0.4 is 5.32 Å². The van der Waals surface area contributed by atoms with Crippen LogP contribution in [0.4, 0.5) is 5.69 Å². The molecule has 0 saturated carbocycles. The SMILES string of the molecule is O=C(Nc1ccccc1C(=O)N1CCOC(Cn2cccn2)C1)c1ccccc1. The van der Waals surface area contributed by atoms with Gasteiger partial charge in [-0.15, -0.1) is 0 Å². The summed E-state index contributed by atoms with van der Waals surface area (Å²) in [6.45, 7) is 2.04. The minimum Gasteiger partial charge on any atom is -0.373 e. The van der Waals surface area contributed by atoms with Crippen molar-refractivity contribution in [2.75, 3.05) is 25.0 Å². The lowest BCUT2D eigenvalue weighted by molar-refractivity contribution is -0.0299. The number of carbonyl (C=O) groups excluding carboxylic acids is 2. The predicted molar refractivity (Wildman–Crippen MR) is 109 cm³/mol. The van der Waals surface area contributed by atoms with Crippen LogP contribution in [-0.2, 0) is 11.3 Å². The molecular weight excluding hydrogens is 368 g/mol. The lowest BCUT2D eigenvalue weighted by atomic mass is 10.1. The number of hydrogen-bond acceptors (Lipinski definition) is 4. The quantitative estimate of drug-likeness (QED) is 0.727. The van der Waals surface area contributed by atoms with Gasteiger partial charge in [-0.05, 0) is 30.3 Å². The number of nitrogens with zero attached hydrogens (tertiary/aromatic N) is 3. The molecule has 1 atom stereocenters. The summed E-state index contributed by atoms with van der Waals surface area (Å²) < 4.78 is 7.59. The highest BCUT2D eigenvalue weighted by atomic mass is 16.5. The number of hydrogen-bond donors (Lipinski definition) is 1. The molecule has 2 aromatic carbocycles. The third-order valence-electron chi connectivity index (χ3n) is 4.82. The fraction of sp³-hybridized carbons (Fsp3) is 0.227. The number of amides is 2. The molecule has 1 aliphatic rings. The third-order valence-corrected chi connectivity index (χ3v) is 4.82. The second-order valence-electron chi connectivity index (χ2n) is 6.84. The Labute approximate surface area is 168 Å². The van der Waals surface area contributed by atoms with E-state index in [-0.39, 0.29) is 17.9 Å². The van der Waals surface area contributed by atoms with E-state index in [0.29, 0.717) is 43.1 Å². The lowest BCUT2D eigenvalue weighted by Crippen LogP contribution is -2.47. The second kappa shape index (κ2) is 8.70. The largest absolute Gasteiger partial charge is 0.373 e. The Morgan fingerprint density at radius 1 is 1.07 bits per heavy atom. The van der Waals surface area contributed by atoms with Crippen molar-refractivity contribution in [2.45, 2.75) is 12.6 Å². The standard InChI is InChI=1S/C22H22N4O3/c27-21(17-7-2-1-3-8-17)24-20-10-5-4-9-19(20)22(28)25-13-14-29-18(15-25)16-26-12-6-11-23-26/h1-12,18H,13-16H2,(H,24,27). The maximum atomic E-state index is 13.2. The fourth-order valence-corrected chi connectivity index (χ4v) is 3.36. The summed E-state index contributed by atoms with van der Waals surface area (Å²) in [4.78, 5) is 27.5. The molecule has 3 aromatic rings. The van der Waals surface area contributed by atoms with E-state index in [1.807, 2.05) is 18.3 Å². The van der Waals surface area contributed by atoms with Crippen molar-refractivity contribution in [3.8, 4) is 0 Å². The maximum Gasteiger partial charge on any atom is 0.256 e. The van der Waals surface area contributed by atoms with Crippen LogP contribution >= 0.6 is 0 Å². The number of nitrogens with one attached hydrogen (secondary N) is 1. The number of morpholine rings is 1. The highest BCUT2D eigenvalue weighted by molar-refractivity contribution is 6.09. The Balaban J connectivity index is 1.48. The Bertz CT molecular complexity index is 973. The van der Waals surface area contributed by atoms with E-state index in [1.165, 1.54) is 0 Å². The molecular formula is C22H22N4O3. The van der Waals surface area contributed by atoms with Gasteiger partial charge in [0.1, 0.15) is 0 Å². The predicted octanol–water partition coefficient (Wildman–Crippen LogP) is 2.68. The summed E-state index contributed by atoms with van der Waals surface area (Å²) in [7, 11) is 0. The lowest BCUT2D eigenvalue weighted by Gasteiger charge is -2.33. The van der Waals surface area contributed by atoms with Gasteiger partial charge in [0.25, 0.3) is 11.8 Å². The van der Waals surface area contributed by atoms with Crippen LogP contribution in [-0.4, -0.2) is 52.3 Å². The molecule has 1 unspecified atom stereocenters. The zero-order valence-corrected chi connectivity index (χ0v) is 15.9. The molecule has 1 N–H and O–H groups in total. The van der Waals surface area contributed by atoms with Crippen LogP contribution in [0.15, 0.2) is 73.1 Å². The average Bonchev–Trinajstić information content (AvgIpc) is 3.27. The average molecular weight is 390 g/mol. The Kier molecular flexibility index (Phi) is 5.67. The molecule has 4 rings (SSSR count). The maximum absolute atomic E-state index is 13.2. The Morgan fingerprint density at radius 2 is 1.86 bits per heavy atom. The molecule has 1 fully saturated rings. The van der Waals surface area contributed by atoms with Crippen LogP contribution in [0.2, 0.25) is 0 Å². The first-order chi connectivity index (χ1) is 14.2. The van der Waals surface area contributed by atoms with E-state index in [1.54, 1.807) is 64.3 Å². The molecule has 0 radical (unpaired) electrons. The molecule has 7 heteroatoms. The summed E-state index contributed by atoms with van der Waals surface area (Å²) in [5.41, 5.74) is 1.51. The van der Waals surface area contributed by atoms with Crippen LogP contribution in [0, 0.1) is 0 Å². The van der Waals surface area contributed by atoms with Crippen molar-refractivity contribution in [3.05, 3.63) is 84.2 Å². The number of aromatic nitrogens is 2. The van der Waals surface area contributed by atoms with Crippen molar-refractivity contribution in [3.63, 3.8) is 0 Å². The van der Waals surface area contributed by atoms with Crippen LogP contribution in [0.1, 0.15) is 20.7 Å². The number of carbonyl (C=O) groups is 2.